The predicted octanol–water partition coefficient (Wildman–Crippen LogP) is 4.37. The number of Topliss-reactive ketones (excluding diaryl/α,β-unsaturated/α-hetero) is 1. The first-order valence-electron chi connectivity index (χ1n) is 4.58. The molecule has 0 spiro atoms. The molecule has 0 aliphatic rings. The first kappa shape index (κ1) is 13.6. The highest BCUT2D eigenvalue weighted by molar-refractivity contribution is 9.09. The van der Waals surface area contributed by atoms with Crippen LogP contribution in [-0.4, -0.2) is 12.0 Å². The summed E-state index contributed by atoms with van der Waals surface area (Å²) in [5.74, 6) is -0.0999. The second kappa shape index (κ2) is 5.77. The van der Waals surface area contributed by atoms with Crippen molar-refractivity contribution in [2.75, 3.05) is 6.26 Å². The van der Waals surface area contributed by atoms with E-state index in [1.807, 2.05) is 0 Å². The molecule has 16 heavy (non-hydrogen) atoms. The third-order valence-electron chi connectivity index (χ3n) is 2.14. The van der Waals surface area contributed by atoms with E-state index in [2.05, 4.69) is 15.9 Å². The molecule has 0 aromatic heterocycles. The number of carbonyl (C=O) groups is 1. The SMILES string of the molecule is CSc1ccc(C(Br)C(C)=O)cc1C(F)F. The lowest BCUT2D eigenvalue weighted by atomic mass is 10.1. The number of benzene rings is 1. The minimum Gasteiger partial charge on any atom is -0.298 e. The molecule has 0 bridgehead atoms. The average Bonchev–Trinajstić information content (AvgIpc) is 2.26. The second-order valence-corrected chi connectivity index (χ2v) is 5.04. The van der Waals surface area contributed by atoms with Crippen LogP contribution in [-0.2, 0) is 4.79 Å². The number of rotatable bonds is 4. The lowest BCUT2D eigenvalue weighted by Gasteiger charge is -2.11. The molecule has 0 saturated heterocycles. The van der Waals surface area contributed by atoms with Gasteiger partial charge in [-0.05, 0) is 30.9 Å². The molecule has 1 atom stereocenters. The highest BCUT2D eigenvalue weighted by atomic mass is 79.9. The van der Waals surface area contributed by atoms with Crippen LogP contribution < -0.4 is 0 Å². The van der Waals surface area contributed by atoms with Crippen molar-refractivity contribution < 1.29 is 13.6 Å². The van der Waals surface area contributed by atoms with E-state index < -0.39 is 11.3 Å². The van der Waals surface area contributed by atoms with Crippen LogP contribution in [0.25, 0.3) is 0 Å². The van der Waals surface area contributed by atoms with Crippen molar-refractivity contribution in [3.8, 4) is 0 Å². The van der Waals surface area contributed by atoms with Crippen LogP contribution in [0.4, 0.5) is 8.78 Å². The van der Waals surface area contributed by atoms with E-state index in [1.165, 1.54) is 24.8 Å². The normalized spacial score (nSPS) is 12.9. The first-order valence-corrected chi connectivity index (χ1v) is 6.72. The highest BCUT2D eigenvalue weighted by Crippen LogP contribution is 2.33. The monoisotopic (exact) mass is 308 g/mol. The Kier molecular flexibility index (Phi) is 4.92. The summed E-state index contributed by atoms with van der Waals surface area (Å²) < 4.78 is 25.5. The Morgan fingerprint density at radius 1 is 1.44 bits per heavy atom. The predicted molar refractivity (Wildman–Crippen MR) is 65.5 cm³/mol. The largest absolute Gasteiger partial charge is 0.298 e. The number of halogens is 3. The number of hydrogen-bond donors (Lipinski definition) is 0. The van der Waals surface area contributed by atoms with Gasteiger partial charge in [0.2, 0.25) is 0 Å². The standard InChI is InChI=1S/C11H11BrF2OS/c1-6(15)10(12)7-3-4-9(16-2)8(5-7)11(13)14/h3-5,10-11H,1-2H3. The van der Waals surface area contributed by atoms with E-state index in [0.29, 0.717) is 10.5 Å². The Balaban J connectivity index is 3.16. The quantitative estimate of drug-likeness (QED) is 0.607. The van der Waals surface area contributed by atoms with Crippen LogP contribution >= 0.6 is 27.7 Å². The Hall–Kier alpha value is -0.420. The highest BCUT2D eigenvalue weighted by Gasteiger charge is 2.18. The zero-order chi connectivity index (χ0) is 12.3. The summed E-state index contributed by atoms with van der Waals surface area (Å²) >= 11 is 4.45. The first-order chi connectivity index (χ1) is 7.47. The summed E-state index contributed by atoms with van der Waals surface area (Å²) in [6, 6.07) is 4.70. The van der Waals surface area contributed by atoms with Crippen molar-refractivity contribution in [2.45, 2.75) is 23.1 Å². The maximum Gasteiger partial charge on any atom is 0.264 e. The molecule has 1 aromatic carbocycles. The van der Waals surface area contributed by atoms with Crippen molar-refractivity contribution in [1.82, 2.24) is 0 Å². The Morgan fingerprint density at radius 2 is 2.06 bits per heavy atom. The summed E-state index contributed by atoms with van der Waals surface area (Å²) in [6.07, 6.45) is -0.772. The fraction of sp³-hybridized carbons (Fsp3) is 0.364. The third kappa shape index (κ3) is 3.04. The van der Waals surface area contributed by atoms with E-state index in [-0.39, 0.29) is 11.3 Å². The molecule has 0 amide bonds. The van der Waals surface area contributed by atoms with E-state index in [9.17, 15) is 13.6 Å². The van der Waals surface area contributed by atoms with Crippen molar-refractivity contribution >= 4 is 33.5 Å². The molecule has 1 rings (SSSR count). The summed E-state index contributed by atoms with van der Waals surface area (Å²) in [4.78, 5) is 11.2. The molecule has 1 unspecified atom stereocenters. The molecular weight excluding hydrogens is 298 g/mol. The van der Waals surface area contributed by atoms with Crippen LogP contribution in [0.15, 0.2) is 23.1 Å². The van der Waals surface area contributed by atoms with E-state index in [4.69, 9.17) is 0 Å². The van der Waals surface area contributed by atoms with Gasteiger partial charge in [-0.15, -0.1) is 11.8 Å². The molecular formula is C11H11BrF2OS. The lowest BCUT2D eigenvalue weighted by molar-refractivity contribution is -0.116. The summed E-state index contributed by atoms with van der Waals surface area (Å²) in [6.45, 7) is 1.42. The van der Waals surface area contributed by atoms with Crippen LogP contribution in [0.3, 0.4) is 0 Å². The third-order valence-corrected chi connectivity index (χ3v) is 4.12. The zero-order valence-corrected chi connectivity index (χ0v) is 11.2. The van der Waals surface area contributed by atoms with Crippen LogP contribution in [0.1, 0.15) is 29.3 Å². The van der Waals surface area contributed by atoms with Crippen molar-refractivity contribution in [1.29, 1.82) is 0 Å². The maximum absolute atomic E-state index is 12.7. The molecule has 0 saturated carbocycles. The Morgan fingerprint density at radius 3 is 2.50 bits per heavy atom. The maximum atomic E-state index is 12.7. The van der Waals surface area contributed by atoms with Crippen LogP contribution in [0.2, 0.25) is 0 Å². The summed E-state index contributed by atoms with van der Waals surface area (Å²) in [5.41, 5.74) is 0.552. The Labute approximate surface area is 106 Å². The topological polar surface area (TPSA) is 17.1 Å². The van der Waals surface area contributed by atoms with Gasteiger partial charge in [0.15, 0.2) is 0 Å². The fourth-order valence-electron chi connectivity index (χ4n) is 1.32. The molecule has 1 nitrogen and oxygen atoms in total. The van der Waals surface area contributed by atoms with Gasteiger partial charge in [-0.25, -0.2) is 8.78 Å². The Bertz CT molecular complexity index is 396. The van der Waals surface area contributed by atoms with Crippen LogP contribution in [0, 0.1) is 0 Å². The van der Waals surface area contributed by atoms with Crippen molar-refractivity contribution in [2.24, 2.45) is 0 Å². The molecule has 0 fully saturated rings. The molecule has 0 heterocycles. The van der Waals surface area contributed by atoms with Gasteiger partial charge in [0.25, 0.3) is 6.43 Å². The van der Waals surface area contributed by atoms with Gasteiger partial charge in [-0.3, -0.25) is 4.79 Å². The smallest absolute Gasteiger partial charge is 0.264 e. The number of thioether (sulfide) groups is 1. The number of hydrogen-bond acceptors (Lipinski definition) is 2. The van der Waals surface area contributed by atoms with Gasteiger partial charge in [0, 0.05) is 10.5 Å². The summed E-state index contributed by atoms with van der Waals surface area (Å²) in [7, 11) is 0. The van der Waals surface area contributed by atoms with Gasteiger partial charge in [0.05, 0.1) is 4.83 Å². The molecule has 0 N–H and O–H groups in total. The van der Waals surface area contributed by atoms with E-state index >= 15 is 0 Å². The van der Waals surface area contributed by atoms with Gasteiger partial charge in [-0.1, -0.05) is 22.0 Å². The second-order valence-electron chi connectivity index (χ2n) is 3.28. The fourth-order valence-corrected chi connectivity index (χ4v) is 2.19. The molecule has 88 valence electrons. The zero-order valence-electron chi connectivity index (χ0n) is 8.84. The number of carbonyl (C=O) groups excluding carboxylic acids is 1. The van der Waals surface area contributed by atoms with Gasteiger partial charge in [0.1, 0.15) is 5.78 Å². The molecule has 5 heteroatoms. The van der Waals surface area contributed by atoms with Gasteiger partial charge in [-0.2, -0.15) is 0 Å². The average molecular weight is 309 g/mol. The van der Waals surface area contributed by atoms with Crippen molar-refractivity contribution in [3.63, 3.8) is 0 Å². The minimum atomic E-state index is -2.52. The molecule has 0 radical (unpaired) electrons. The molecule has 0 aliphatic heterocycles. The van der Waals surface area contributed by atoms with Crippen molar-refractivity contribution in [3.05, 3.63) is 29.3 Å². The minimum absolute atomic E-state index is 0.0179. The van der Waals surface area contributed by atoms with E-state index in [1.54, 1.807) is 18.4 Å². The van der Waals surface area contributed by atoms with Gasteiger partial charge >= 0.3 is 0 Å². The van der Waals surface area contributed by atoms with Crippen LogP contribution in [0.5, 0.6) is 0 Å². The number of ketones is 1. The molecule has 0 aliphatic carbocycles. The van der Waals surface area contributed by atoms with Gasteiger partial charge < -0.3 is 0 Å². The molecule has 1 aromatic rings. The van der Waals surface area contributed by atoms with E-state index in [0.717, 1.165) is 0 Å². The number of alkyl halides is 3. The summed E-state index contributed by atoms with van der Waals surface area (Å²) in [5, 5.41) is 0. The lowest BCUT2D eigenvalue weighted by Crippen LogP contribution is -2.02.